The lowest BCUT2D eigenvalue weighted by Crippen LogP contribution is -2.21. The van der Waals surface area contributed by atoms with Gasteiger partial charge in [-0.3, -0.25) is 4.79 Å². The van der Waals surface area contributed by atoms with Crippen molar-refractivity contribution in [3.05, 3.63) is 47.0 Å². The van der Waals surface area contributed by atoms with E-state index in [4.69, 9.17) is 20.5 Å². The molecule has 3 heterocycles. The topological polar surface area (TPSA) is 101 Å². The zero-order chi connectivity index (χ0) is 23.8. The molecule has 0 fully saturated rings. The van der Waals surface area contributed by atoms with E-state index in [9.17, 15) is 23.1 Å². The highest BCUT2D eigenvalue weighted by molar-refractivity contribution is 6.29. The Kier molecular flexibility index (Phi) is 4.51. The van der Waals surface area contributed by atoms with Crippen molar-refractivity contribution in [2.24, 2.45) is 0 Å². The molecule has 0 radical (unpaired) electrons. The summed E-state index contributed by atoms with van der Waals surface area (Å²) in [7, 11) is 1.12. The van der Waals surface area contributed by atoms with E-state index in [1.807, 2.05) is 5.32 Å². The fourth-order valence-corrected chi connectivity index (χ4v) is 2.85. The van der Waals surface area contributed by atoms with Crippen molar-refractivity contribution in [2.75, 3.05) is 19.4 Å². The van der Waals surface area contributed by atoms with Gasteiger partial charge in [-0.15, -0.1) is 0 Å². The van der Waals surface area contributed by atoms with Crippen LogP contribution in [0.4, 0.5) is 24.5 Å². The maximum Gasteiger partial charge on any atom is 0.418 e. The molecule has 0 bridgehead atoms. The molecule has 0 spiro atoms. The molecule has 0 aliphatic rings. The van der Waals surface area contributed by atoms with Crippen LogP contribution in [0.5, 0.6) is 5.75 Å². The van der Waals surface area contributed by atoms with Gasteiger partial charge in [-0.1, -0.05) is 11.6 Å². The van der Waals surface area contributed by atoms with Crippen LogP contribution in [0.1, 0.15) is 26.1 Å². The number of aliphatic hydroxyl groups is 1. The first-order chi connectivity index (χ1) is 14.8. The number of amides is 1. The van der Waals surface area contributed by atoms with Crippen LogP contribution in [0, 0.1) is 0 Å². The third-order valence-electron chi connectivity index (χ3n) is 3.97. The summed E-state index contributed by atoms with van der Waals surface area (Å²) >= 11 is 5.89. The number of halogens is 4. The fraction of sp³-hybridized carbons (Fsp3) is 0.235. The summed E-state index contributed by atoms with van der Waals surface area (Å²) in [5, 5.41) is 18.3. The van der Waals surface area contributed by atoms with Crippen LogP contribution >= 0.6 is 11.6 Å². The Balaban J connectivity index is 2.11. The molecule has 12 heteroatoms. The van der Waals surface area contributed by atoms with Gasteiger partial charge in [0.2, 0.25) is 0 Å². The number of alkyl halides is 3. The van der Waals surface area contributed by atoms with Gasteiger partial charge in [0.25, 0.3) is 5.91 Å². The molecule has 8 nitrogen and oxygen atoms in total. The van der Waals surface area contributed by atoms with Crippen molar-refractivity contribution in [3.8, 4) is 5.75 Å². The van der Waals surface area contributed by atoms with E-state index in [1.54, 1.807) is 0 Å². The first-order valence-electron chi connectivity index (χ1n) is 9.36. The second kappa shape index (κ2) is 7.76. The number of hydrogen-bond donors (Lipinski definition) is 3. The van der Waals surface area contributed by atoms with Gasteiger partial charge in [0.1, 0.15) is 10.7 Å². The van der Waals surface area contributed by atoms with E-state index in [2.05, 4.69) is 15.4 Å². The highest BCUT2D eigenvalue weighted by atomic mass is 35.5. The Hall–Kier alpha value is -3.05. The monoisotopic (exact) mass is 432 g/mol. The summed E-state index contributed by atoms with van der Waals surface area (Å²) in [4.78, 5) is 16.1. The molecule has 3 aromatic rings. The first-order valence-corrected chi connectivity index (χ1v) is 8.23. The maximum atomic E-state index is 13.1. The SMILES string of the molecule is [2H]C([2H])([2H])NC(=O)c1cnc(Cl)cc1Nc1cnn2ccc([C@H](O)C(F)(F)F)c(OC)c12. The predicted molar refractivity (Wildman–Crippen MR) is 98.7 cm³/mol. The highest BCUT2D eigenvalue weighted by Gasteiger charge is 2.41. The molecule has 0 aliphatic carbocycles. The van der Waals surface area contributed by atoms with E-state index in [1.165, 1.54) is 23.0 Å². The number of hydrogen-bond acceptors (Lipinski definition) is 6. The average Bonchev–Trinajstić information content (AvgIpc) is 3.07. The fourth-order valence-electron chi connectivity index (χ4n) is 2.69. The molecule has 0 saturated heterocycles. The van der Waals surface area contributed by atoms with Crippen molar-refractivity contribution in [1.29, 1.82) is 0 Å². The standard InChI is InChI=1S/C17H15ClF3N5O3/c1-22-16(28)9-6-23-12(18)5-10(9)25-11-7-24-26-4-3-8(14(29-2)13(11)26)15(27)17(19,20)21/h3-7,15,27H,1-2H3,(H,22,28)(H,23,25)/t15-/m0/s1/i1D3. The van der Waals surface area contributed by atoms with Crippen LogP contribution in [0.15, 0.2) is 30.7 Å². The van der Waals surface area contributed by atoms with Crippen LogP contribution in [-0.4, -0.2) is 45.9 Å². The van der Waals surface area contributed by atoms with Gasteiger partial charge in [0.05, 0.1) is 30.2 Å². The molecule has 1 atom stereocenters. The molecule has 0 unspecified atom stereocenters. The predicted octanol–water partition coefficient (Wildman–Crippen LogP) is 3.09. The number of rotatable bonds is 5. The van der Waals surface area contributed by atoms with Gasteiger partial charge in [-0.25, -0.2) is 9.50 Å². The molecule has 0 saturated carbocycles. The van der Waals surface area contributed by atoms with E-state index in [0.29, 0.717) is 0 Å². The van der Waals surface area contributed by atoms with E-state index < -0.39 is 30.7 Å². The normalized spacial score (nSPS) is 14.6. The molecular formula is C17H15ClF3N5O3. The molecule has 3 N–H and O–H groups in total. The summed E-state index contributed by atoms with van der Waals surface area (Å²) < 4.78 is 67.1. The summed E-state index contributed by atoms with van der Waals surface area (Å²) in [6.45, 7) is -2.77. The number of aromatic nitrogens is 3. The third-order valence-corrected chi connectivity index (χ3v) is 4.18. The molecule has 0 aromatic carbocycles. The minimum Gasteiger partial charge on any atom is -0.494 e. The lowest BCUT2D eigenvalue weighted by atomic mass is 10.1. The number of pyridine rings is 2. The molecular weight excluding hydrogens is 415 g/mol. The van der Waals surface area contributed by atoms with Gasteiger partial charge >= 0.3 is 6.18 Å². The van der Waals surface area contributed by atoms with Gasteiger partial charge in [0.15, 0.2) is 11.9 Å². The number of carbonyl (C=O) groups excluding carboxylic acids is 1. The first kappa shape index (κ1) is 16.9. The zero-order valence-corrected chi connectivity index (χ0v) is 15.3. The summed E-state index contributed by atoms with van der Waals surface area (Å²) in [5.74, 6) is -1.31. The van der Waals surface area contributed by atoms with Crippen molar-refractivity contribution >= 4 is 34.4 Å². The number of nitrogens with one attached hydrogen (secondary N) is 2. The largest absolute Gasteiger partial charge is 0.494 e. The van der Waals surface area contributed by atoms with E-state index in [-0.39, 0.29) is 33.4 Å². The van der Waals surface area contributed by atoms with Crippen molar-refractivity contribution in [3.63, 3.8) is 0 Å². The molecule has 3 rings (SSSR count). The van der Waals surface area contributed by atoms with Crippen molar-refractivity contribution < 1.29 is 31.9 Å². The second-order valence-electron chi connectivity index (χ2n) is 5.73. The lowest BCUT2D eigenvalue weighted by Gasteiger charge is -2.19. The summed E-state index contributed by atoms with van der Waals surface area (Å²) in [5.41, 5.74) is -0.642. The lowest BCUT2D eigenvalue weighted by molar-refractivity contribution is -0.207. The number of anilines is 2. The van der Waals surface area contributed by atoms with Crippen LogP contribution in [0.3, 0.4) is 0 Å². The molecule has 154 valence electrons. The van der Waals surface area contributed by atoms with Gasteiger partial charge in [-0.2, -0.15) is 18.3 Å². The number of nitrogens with zero attached hydrogens (tertiary/aromatic N) is 3. The number of ether oxygens (including phenoxy) is 1. The smallest absolute Gasteiger partial charge is 0.418 e. The van der Waals surface area contributed by atoms with Crippen molar-refractivity contribution in [1.82, 2.24) is 19.9 Å². The Labute approximate surface area is 171 Å². The number of aliphatic hydroxyl groups excluding tert-OH is 1. The third kappa shape index (κ3) is 3.91. The van der Waals surface area contributed by atoms with E-state index in [0.717, 1.165) is 19.4 Å². The Bertz CT molecular complexity index is 1170. The average molecular weight is 433 g/mol. The van der Waals surface area contributed by atoms with Gasteiger partial charge < -0.3 is 20.5 Å². The van der Waals surface area contributed by atoms with Crippen LogP contribution in [-0.2, 0) is 0 Å². The van der Waals surface area contributed by atoms with E-state index >= 15 is 0 Å². The quantitative estimate of drug-likeness (QED) is 0.536. The summed E-state index contributed by atoms with van der Waals surface area (Å²) in [6.07, 6.45) is -4.30. The Morgan fingerprint density at radius 1 is 1.41 bits per heavy atom. The number of carbonyl (C=O) groups is 1. The van der Waals surface area contributed by atoms with Gasteiger partial charge in [0, 0.05) is 29.0 Å². The Morgan fingerprint density at radius 2 is 2.17 bits per heavy atom. The maximum absolute atomic E-state index is 13.1. The summed E-state index contributed by atoms with van der Waals surface area (Å²) in [6, 6.07) is 2.24. The molecule has 3 aromatic heterocycles. The molecule has 0 aliphatic heterocycles. The molecule has 1 amide bonds. The van der Waals surface area contributed by atoms with Crippen LogP contribution in [0.2, 0.25) is 5.15 Å². The zero-order valence-electron chi connectivity index (χ0n) is 17.6. The molecule has 29 heavy (non-hydrogen) atoms. The minimum absolute atomic E-state index is 0.00507. The Morgan fingerprint density at radius 3 is 2.83 bits per heavy atom. The van der Waals surface area contributed by atoms with Crippen LogP contribution < -0.4 is 15.4 Å². The number of fused-ring (bicyclic) bond motifs is 1. The van der Waals surface area contributed by atoms with Crippen LogP contribution in [0.25, 0.3) is 5.52 Å². The van der Waals surface area contributed by atoms with Gasteiger partial charge in [-0.05, 0) is 12.1 Å². The minimum atomic E-state index is -4.95. The number of methoxy groups -OCH3 is 1. The highest BCUT2D eigenvalue weighted by Crippen LogP contribution is 2.41. The van der Waals surface area contributed by atoms with Crippen molar-refractivity contribution in [2.45, 2.75) is 12.3 Å². The second-order valence-corrected chi connectivity index (χ2v) is 6.12.